The van der Waals surface area contributed by atoms with Crippen LogP contribution in [0.3, 0.4) is 0 Å². The number of ether oxygens (including phenoxy) is 3. The van der Waals surface area contributed by atoms with Gasteiger partial charge in [0.1, 0.15) is 17.5 Å². The summed E-state index contributed by atoms with van der Waals surface area (Å²) in [5, 5.41) is 5.00. The van der Waals surface area contributed by atoms with Crippen molar-refractivity contribution in [2.24, 2.45) is 0 Å². The van der Waals surface area contributed by atoms with E-state index in [1.165, 1.54) is 26.0 Å². The SMILES string of the molecule is Cc1nc(CC(=O)N[C@@]2(C(F)(F)F)CCOC2)c(C2OCCO2)c(N[C@H](C)c2cccc(C(F)F)c2F)n1. The predicted molar refractivity (Wildman–Crippen MR) is 121 cm³/mol. The lowest BCUT2D eigenvalue weighted by atomic mass is 9.97. The zero-order chi connectivity index (χ0) is 27.7. The monoisotopic (exact) mass is 548 g/mol. The van der Waals surface area contributed by atoms with Crippen LogP contribution in [0.1, 0.15) is 60.3 Å². The van der Waals surface area contributed by atoms with Crippen molar-refractivity contribution < 1.29 is 45.3 Å². The number of carbonyl (C=O) groups is 1. The van der Waals surface area contributed by atoms with Crippen LogP contribution < -0.4 is 10.6 Å². The fraction of sp³-hybridized carbons (Fsp3) is 0.542. The average Bonchev–Trinajstić information content (AvgIpc) is 3.51. The lowest BCUT2D eigenvalue weighted by molar-refractivity contribution is -0.197. The first-order valence-corrected chi connectivity index (χ1v) is 11.8. The van der Waals surface area contributed by atoms with Crippen LogP contribution in [0.25, 0.3) is 0 Å². The number of hydrogen-bond donors (Lipinski definition) is 2. The van der Waals surface area contributed by atoms with Crippen LogP contribution >= 0.6 is 0 Å². The molecular weight excluding hydrogens is 522 g/mol. The summed E-state index contributed by atoms with van der Waals surface area (Å²) >= 11 is 0. The molecular formula is C24H26F6N4O4. The molecule has 14 heteroatoms. The summed E-state index contributed by atoms with van der Waals surface area (Å²) in [4.78, 5) is 21.4. The molecule has 3 heterocycles. The Morgan fingerprint density at radius 1 is 1.16 bits per heavy atom. The molecule has 208 valence electrons. The van der Waals surface area contributed by atoms with E-state index in [-0.39, 0.29) is 48.3 Å². The zero-order valence-corrected chi connectivity index (χ0v) is 20.5. The summed E-state index contributed by atoms with van der Waals surface area (Å²) in [5.41, 5.74) is -3.16. The van der Waals surface area contributed by atoms with Crippen molar-refractivity contribution in [1.82, 2.24) is 15.3 Å². The number of alkyl halides is 5. The van der Waals surface area contributed by atoms with Crippen molar-refractivity contribution in [1.29, 1.82) is 0 Å². The molecule has 0 aliphatic carbocycles. The molecule has 8 nitrogen and oxygen atoms in total. The van der Waals surface area contributed by atoms with Gasteiger partial charge in [0.2, 0.25) is 5.91 Å². The number of nitrogens with one attached hydrogen (secondary N) is 2. The van der Waals surface area contributed by atoms with Gasteiger partial charge in [0.25, 0.3) is 6.43 Å². The van der Waals surface area contributed by atoms with E-state index in [0.29, 0.717) is 0 Å². The predicted octanol–water partition coefficient (Wildman–Crippen LogP) is 4.46. The largest absolute Gasteiger partial charge is 0.413 e. The zero-order valence-electron chi connectivity index (χ0n) is 20.5. The van der Waals surface area contributed by atoms with Crippen LogP contribution in [0.4, 0.5) is 32.2 Å². The number of anilines is 1. The van der Waals surface area contributed by atoms with Gasteiger partial charge in [0.05, 0.1) is 49.1 Å². The van der Waals surface area contributed by atoms with E-state index in [0.717, 1.165) is 6.07 Å². The van der Waals surface area contributed by atoms with Gasteiger partial charge in [-0.1, -0.05) is 18.2 Å². The number of benzene rings is 1. The van der Waals surface area contributed by atoms with Gasteiger partial charge in [-0.3, -0.25) is 4.79 Å². The highest BCUT2D eigenvalue weighted by Gasteiger charge is 2.58. The molecule has 2 N–H and O–H groups in total. The maximum absolute atomic E-state index is 14.8. The molecule has 38 heavy (non-hydrogen) atoms. The summed E-state index contributed by atoms with van der Waals surface area (Å²) in [6.07, 6.45) is -9.81. The van der Waals surface area contributed by atoms with Gasteiger partial charge < -0.3 is 24.8 Å². The Morgan fingerprint density at radius 2 is 1.84 bits per heavy atom. The first kappa shape index (κ1) is 28.0. The second-order valence-electron chi connectivity index (χ2n) is 9.08. The van der Waals surface area contributed by atoms with Gasteiger partial charge in [0.15, 0.2) is 11.8 Å². The minimum atomic E-state index is -4.74. The van der Waals surface area contributed by atoms with Gasteiger partial charge in [-0.05, 0) is 13.8 Å². The van der Waals surface area contributed by atoms with Crippen LogP contribution in [0.2, 0.25) is 0 Å². The number of halogens is 6. The Labute approximate surface area is 214 Å². The molecule has 0 bridgehead atoms. The Kier molecular flexibility index (Phi) is 8.14. The molecule has 2 aliphatic rings. The Morgan fingerprint density at radius 3 is 2.45 bits per heavy atom. The van der Waals surface area contributed by atoms with E-state index >= 15 is 0 Å². The van der Waals surface area contributed by atoms with Crippen molar-refractivity contribution in [2.75, 3.05) is 31.7 Å². The third-order valence-electron chi connectivity index (χ3n) is 6.38. The lowest BCUT2D eigenvalue weighted by Gasteiger charge is -2.31. The fourth-order valence-electron chi connectivity index (χ4n) is 4.43. The van der Waals surface area contributed by atoms with E-state index in [1.807, 2.05) is 0 Å². The molecule has 0 saturated carbocycles. The molecule has 0 radical (unpaired) electrons. The fourth-order valence-corrected chi connectivity index (χ4v) is 4.43. The number of amides is 1. The molecule has 1 aromatic heterocycles. The first-order chi connectivity index (χ1) is 17.9. The quantitative estimate of drug-likeness (QED) is 0.471. The maximum Gasteiger partial charge on any atom is 0.413 e. The van der Waals surface area contributed by atoms with E-state index in [2.05, 4.69) is 20.6 Å². The molecule has 0 spiro atoms. The molecule has 2 saturated heterocycles. The van der Waals surface area contributed by atoms with Crippen molar-refractivity contribution in [3.8, 4) is 0 Å². The van der Waals surface area contributed by atoms with Gasteiger partial charge in [-0.15, -0.1) is 0 Å². The maximum atomic E-state index is 14.8. The topological polar surface area (TPSA) is 94.6 Å². The van der Waals surface area contributed by atoms with Crippen molar-refractivity contribution >= 4 is 11.7 Å². The van der Waals surface area contributed by atoms with Gasteiger partial charge in [0, 0.05) is 18.6 Å². The van der Waals surface area contributed by atoms with Crippen LogP contribution in [0.15, 0.2) is 18.2 Å². The second kappa shape index (κ2) is 11.0. The highest BCUT2D eigenvalue weighted by atomic mass is 19.4. The Bertz CT molecular complexity index is 1170. The van der Waals surface area contributed by atoms with Crippen LogP contribution in [0.5, 0.6) is 0 Å². The van der Waals surface area contributed by atoms with Gasteiger partial charge in [-0.2, -0.15) is 13.2 Å². The van der Waals surface area contributed by atoms with Crippen molar-refractivity contribution in [3.63, 3.8) is 0 Å². The smallest absolute Gasteiger partial charge is 0.379 e. The number of carbonyl (C=O) groups excluding carboxylic acids is 1. The molecule has 2 fully saturated rings. The van der Waals surface area contributed by atoms with Crippen LogP contribution in [0, 0.1) is 12.7 Å². The summed E-state index contributed by atoms with van der Waals surface area (Å²) in [6.45, 7) is 2.54. The lowest BCUT2D eigenvalue weighted by Crippen LogP contribution is -2.59. The molecule has 2 aliphatic heterocycles. The summed E-state index contributed by atoms with van der Waals surface area (Å²) in [7, 11) is 0. The standard InChI is InChI=1S/C24H26F6N4O4/c1-12(14-4-3-5-15(19(14)25)20(26)27)31-21-18(22-37-8-9-38-22)16(32-13(2)33-21)10-17(35)34-23(24(28,29)30)6-7-36-11-23/h3-5,12,20,22H,6-11H2,1-2H3,(H,34,35)(H,31,32,33)/t12-,23+/m1/s1. The highest BCUT2D eigenvalue weighted by Crippen LogP contribution is 2.38. The third-order valence-corrected chi connectivity index (χ3v) is 6.38. The minimum absolute atomic E-state index is 0.0367. The summed E-state index contributed by atoms with van der Waals surface area (Å²) in [5.74, 6) is -1.82. The van der Waals surface area contributed by atoms with E-state index in [9.17, 15) is 31.1 Å². The normalized spacial score (nSPS) is 21.2. The average molecular weight is 548 g/mol. The van der Waals surface area contributed by atoms with Gasteiger partial charge in [-0.25, -0.2) is 23.1 Å². The molecule has 1 aromatic carbocycles. The summed E-state index contributed by atoms with van der Waals surface area (Å²) in [6, 6.07) is 2.74. The third kappa shape index (κ3) is 5.71. The van der Waals surface area contributed by atoms with E-state index < -0.39 is 67.2 Å². The Hall–Kier alpha value is -2.97. The number of aryl methyl sites for hydroxylation is 1. The van der Waals surface area contributed by atoms with Crippen LogP contribution in [-0.2, 0) is 25.4 Å². The molecule has 1 amide bonds. The van der Waals surface area contributed by atoms with Crippen molar-refractivity contribution in [2.45, 2.75) is 57.2 Å². The number of nitrogens with zero attached hydrogens (tertiary/aromatic N) is 2. The first-order valence-electron chi connectivity index (χ1n) is 11.8. The number of rotatable bonds is 8. The van der Waals surface area contributed by atoms with Crippen molar-refractivity contribution in [3.05, 3.63) is 52.2 Å². The Balaban J connectivity index is 1.66. The molecule has 4 rings (SSSR count). The van der Waals surface area contributed by atoms with E-state index in [4.69, 9.17) is 14.2 Å². The molecule has 0 unspecified atom stereocenters. The molecule has 2 aromatic rings. The number of hydrogen-bond acceptors (Lipinski definition) is 7. The minimum Gasteiger partial charge on any atom is -0.379 e. The second-order valence-corrected chi connectivity index (χ2v) is 9.08. The van der Waals surface area contributed by atoms with E-state index in [1.54, 1.807) is 0 Å². The summed E-state index contributed by atoms with van der Waals surface area (Å²) < 4.78 is 98.4. The van der Waals surface area contributed by atoms with Gasteiger partial charge >= 0.3 is 6.18 Å². The molecule has 2 atom stereocenters. The number of aromatic nitrogens is 2. The highest BCUT2D eigenvalue weighted by molar-refractivity contribution is 5.80. The van der Waals surface area contributed by atoms with Crippen LogP contribution in [-0.4, -0.2) is 54.0 Å².